The first-order chi connectivity index (χ1) is 16.4. The van der Waals surface area contributed by atoms with E-state index in [2.05, 4.69) is 11.0 Å². The number of hydrogen-bond acceptors (Lipinski definition) is 6. The predicted molar refractivity (Wildman–Crippen MR) is 126 cm³/mol. The van der Waals surface area contributed by atoms with Crippen molar-refractivity contribution in [1.29, 1.82) is 0 Å². The van der Waals surface area contributed by atoms with Crippen LogP contribution in [0.4, 0.5) is 0 Å². The van der Waals surface area contributed by atoms with Crippen molar-refractivity contribution in [3.05, 3.63) is 83.4 Å². The standard InChI is InChI=1S/C21H23N3O2.C4H4O4/c25-20-16-18-8-4-5-9-19(18)21(17-6-2-1-3-7-17)22-24(20)11-10-23-12-14-26-15-13-23;5-3(6)1-2-4(7)8/h1-9H,10-16H2;1-2H,(H,5,6)(H,7,8)/b;2-1+. The van der Waals surface area contributed by atoms with Gasteiger partial charge in [0.25, 0.3) is 0 Å². The number of hydrogen-bond donors (Lipinski definition) is 2. The number of morpholine rings is 1. The SMILES string of the molecule is O=C(O)/C=C/C(=O)O.O=C1Cc2ccccc2C(c2ccccc2)=NN1CCN1CCOCC1. The van der Waals surface area contributed by atoms with Gasteiger partial charge in [0, 0.05) is 42.9 Å². The van der Waals surface area contributed by atoms with Gasteiger partial charge in [0.15, 0.2) is 0 Å². The van der Waals surface area contributed by atoms with Crippen molar-refractivity contribution < 1.29 is 29.3 Å². The van der Waals surface area contributed by atoms with Crippen LogP contribution in [0, 0.1) is 0 Å². The van der Waals surface area contributed by atoms with E-state index in [1.807, 2.05) is 48.5 Å². The van der Waals surface area contributed by atoms with Crippen LogP contribution in [-0.4, -0.2) is 83.1 Å². The average molecular weight is 466 g/mol. The van der Waals surface area contributed by atoms with E-state index in [1.54, 1.807) is 5.01 Å². The lowest BCUT2D eigenvalue weighted by atomic mass is 9.96. The Labute approximate surface area is 197 Å². The van der Waals surface area contributed by atoms with E-state index in [0.717, 1.165) is 55.3 Å². The molecule has 0 saturated carbocycles. The van der Waals surface area contributed by atoms with Gasteiger partial charge in [0.2, 0.25) is 5.91 Å². The number of carboxylic acid groups (broad SMARTS) is 2. The molecule has 9 nitrogen and oxygen atoms in total. The molecule has 2 aromatic rings. The first-order valence-electron chi connectivity index (χ1n) is 10.9. The fourth-order valence-electron chi connectivity index (χ4n) is 3.58. The van der Waals surface area contributed by atoms with Gasteiger partial charge in [-0.25, -0.2) is 14.6 Å². The summed E-state index contributed by atoms with van der Waals surface area (Å²) in [6, 6.07) is 18.2. The number of hydrazone groups is 1. The van der Waals surface area contributed by atoms with Crippen molar-refractivity contribution in [2.45, 2.75) is 6.42 Å². The fourth-order valence-corrected chi connectivity index (χ4v) is 3.58. The summed E-state index contributed by atoms with van der Waals surface area (Å²) in [4.78, 5) is 34.2. The summed E-state index contributed by atoms with van der Waals surface area (Å²) in [7, 11) is 0. The first-order valence-corrected chi connectivity index (χ1v) is 10.9. The van der Waals surface area contributed by atoms with Crippen LogP contribution < -0.4 is 0 Å². The molecule has 2 aromatic carbocycles. The van der Waals surface area contributed by atoms with Crippen molar-refractivity contribution in [1.82, 2.24) is 9.91 Å². The minimum atomic E-state index is -1.26. The second kappa shape index (κ2) is 12.4. The third kappa shape index (κ3) is 7.36. The number of aliphatic carboxylic acids is 2. The number of carboxylic acids is 2. The van der Waals surface area contributed by atoms with Gasteiger partial charge in [-0.15, -0.1) is 0 Å². The van der Waals surface area contributed by atoms with Gasteiger partial charge >= 0.3 is 11.9 Å². The molecule has 4 rings (SSSR count). The maximum Gasteiger partial charge on any atom is 0.328 e. The second-order valence-electron chi connectivity index (χ2n) is 7.63. The fraction of sp³-hybridized carbons (Fsp3) is 0.280. The molecule has 1 saturated heterocycles. The molecule has 0 unspecified atom stereocenters. The van der Waals surface area contributed by atoms with Crippen molar-refractivity contribution in [2.75, 3.05) is 39.4 Å². The molecule has 0 spiro atoms. The predicted octanol–water partition coefficient (Wildman–Crippen LogP) is 1.87. The highest BCUT2D eigenvalue weighted by Gasteiger charge is 2.24. The minimum absolute atomic E-state index is 0.0524. The Morgan fingerprint density at radius 1 is 0.912 bits per heavy atom. The zero-order valence-electron chi connectivity index (χ0n) is 18.7. The zero-order chi connectivity index (χ0) is 24.3. The van der Waals surface area contributed by atoms with Gasteiger partial charge in [-0.05, 0) is 5.56 Å². The smallest absolute Gasteiger partial charge is 0.328 e. The molecule has 0 radical (unpaired) electrons. The molecule has 0 aromatic heterocycles. The number of rotatable bonds is 6. The molecular weight excluding hydrogens is 438 g/mol. The van der Waals surface area contributed by atoms with E-state index in [9.17, 15) is 14.4 Å². The van der Waals surface area contributed by atoms with Gasteiger partial charge in [-0.2, -0.15) is 5.10 Å². The molecule has 9 heteroatoms. The van der Waals surface area contributed by atoms with Crippen LogP contribution in [0.25, 0.3) is 0 Å². The Morgan fingerprint density at radius 3 is 2.18 bits per heavy atom. The summed E-state index contributed by atoms with van der Waals surface area (Å²) >= 11 is 0. The van der Waals surface area contributed by atoms with Gasteiger partial charge < -0.3 is 14.9 Å². The number of carbonyl (C=O) groups excluding carboxylic acids is 1. The largest absolute Gasteiger partial charge is 0.478 e. The molecule has 0 bridgehead atoms. The Morgan fingerprint density at radius 2 is 1.53 bits per heavy atom. The van der Waals surface area contributed by atoms with E-state index < -0.39 is 11.9 Å². The number of ether oxygens (including phenoxy) is 1. The van der Waals surface area contributed by atoms with Crippen LogP contribution in [0.2, 0.25) is 0 Å². The molecule has 2 aliphatic heterocycles. The molecule has 2 heterocycles. The second-order valence-corrected chi connectivity index (χ2v) is 7.63. The number of amides is 1. The quantitative estimate of drug-likeness (QED) is 0.625. The van der Waals surface area contributed by atoms with Crippen LogP contribution in [0.5, 0.6) is 0 Å². The molecule has 0 atom stereocenters. The summed E-state index contributed by atoms with van der Waals surface area (Å²) in [5.74, 6) is -2.46. The molecule has 34 heavy (non-hydrogen) atoms. The van der Waals surface area contributed by atoms with Crippen molar-refractivity contribution in [3.8, 4) is 0 Å². The van der Waals surface area contributed by atoms with Gasteiger partial charge in [0.1, 0.15) is 0 Å². The zero-order valence-corrected chi connectivity index (χ0v) is 18.7. The first kappa shape index (κ1) is 24.8. The summed E-state index contributed by atoms with van der Waals surface area (Å²) in [5.41, 5.74) is 3.98. The van der Waals surface area contributed by atoms with Crippen LogP contribution in [0.3, 0.4) is 0 Å². The van der Waals surface area contributed by atoms with E-state index >= 15 is 0 Å². The number of nitrogens with zero attached hydrogens (tertiary/aromatic N) is 3. The monoisotopic (exact) mass is 465 g/mol. The van der Waals surface area contributed by atoms with Crippen LogP contribution in [0.1, 0.15) is 16.7 Å². The topological polar surface area (TPSA) is 120 Å². The molecule has 2 aliphatic rings. The third-order valence-electron chi connectivity index (χ3n) is 5.27. The average Bonchev–Trinajstić information content (AvgIpc) is 2.99. The Kier molecular flexibility index (Phi) is 9.07. The third-order valence-corrected chi connectivity index (χ3v) is 5.27. The van der Waals surface area contributed by atoms with Crippen LogP contribution in [0.15, 0.2) is 71.9 Å². The summed E-state index contributed by atoms with van der Waals surface area (Å²) < 4.78 is 5.40. The molecule has 178 valence electrons. The normalized spacial score (nSPS) is 16.2. The summed E-state index contributed by atoms with van der Waals surface area (Å²) in [6.45, 7) is 4.77. The van der Waals surface area contributed by atoms with Crippen LogP contribution in [-0.2, 0) is 25.5 Å². The Balaban J connectivity index is 0.000000350. The Bertz CT molecular complexity index is 1050. The van der Waals surface area contributed by atoms with Crippen molar-refractivity contribution in [2.24, 2.45) is 5.10 Å². The maximum absolute atomic E-state index is 12.8. The van der Waals surface area contributed by atoms with Crippen molar-refractivity contribution in [3.63, 3.8) is 0 Å². The van der Waals surface area contributed by atoms with Crippen molar-refractivity contribution >= 4 is 23.6 Å². The van der Waals surface area contributed by atoms with E-state index in [0.29, 0.717) is 25.1 Å². The highest BCUT2D eigenvalue weighted by molar-refractivity contribution is 6.15. The lowest BCUT2D eigenvalue weighted by Gasteiger charge is -2.28. The van der Waals surface area contributed by atoms with E-state index in [4.69, 9.17) is 20.1 Å². The Hall–Kier alpha value is -3.82. The lowest BCUT2D eigenvalue weighted by molar-refractivity contribution is -0.134. The van der Waals surface area contributed by atoms with Gasteiger partial charge in [-0.3, -0.25) is 9.69 Å². The number of fused-ring (bicyclic) bond motifs is 1. The lowest BCUT2D eigenvalue weighted by Crippen LogP contribution is -2.41. The highest BCUT2D eigenvalue weighted by Crippen LogP contribution is 2.21. The summed E-state index contributed by atoms with van der Waals surface area (Å²) in [6.07, 6.45) is 1.50. The van der Waals surface area contributed by atoms with E-state index in [1.165, 1.54) is 0 Å². The molecule has 0 aliphatic carbocycles. The molecular formula is C25H27N3O6. The maximum atomic E-state index is 12.8. The van der Waals surface area contributed by atoms with E-state index in [-0.39, 0.29) is 5.91 Å². The molecule has 2 N–H and O–H groups in total. The number of carbonyl (C=O) groups is 3. The molecule has 1 fully saturated rings. The minimum Gasteiger partial charge on any atom is -0.478 e. The summed E-state index contributed by atoms with van der Waals surface area (Å²) in [5, 5.41) is 22.1. The van der Waals surface area contributed by atoms with Crippen LogP contribution >= 0.6 is 0 Å². The van der Waals surface area contributed by atoms with Gasteiger partial charge in [-0.1, -0.05) is 54.6 Å². The number of benzene rings is 2. The van der Waals surface area contributed by atoms with Gasteiger partial charge in [0.05, 0.1) is 31.9 Å². The molecule has 1 amide bonds. The highest BCUT2D eigenvalue weighted by atomic mass is 16.5.